The Balaban J connectivity index is 1.33. The number of hydrogen-bond donors (Lipinski definition) is 1. The van der Waals surface area contributed by atoms with E-state index in [0.717, 1.165) is 84.5 Å². The van der Waals surface area contributed by atoms with E-state index in [2.05, 4.69) is 28.4 Å². The highest BCUT2D eigenvalue weighted by atomic mass is 35.5. The van der Waals surface area contributed by atoms with Gasteiger partial charge < -0.3 is 14.8 Å². The van der Waals surface area contributed by atoms with Gasteiger partial charge in [0.15, 0.2) is 0 Å². The Morgan fingerprint density at radius 1 is 1.02 bits per heavy atom. The van der Waals surface area contributed by atoms with Crippen LogP contribution in [0, 0.1) is 0 Å². The molecular weight excluding hydrogens is 574 g/mol. The second-order valence-corrected chi connectivity index (χ2v) is 12.2. The molecule has 2 saturated heterocycles. The SMILES string of the molecule is O=C(NC1COC1)c1ccc2c(c1)CCCC(c1ccc(Cl)cc1Cl)=C2c1ccc(O[C@H]2CCN(CCCF)C2)cc1. The molecule has 1 N–H and O–H groups in total. The summed E-state index contributed by atoms with van der Waals surface area (Å²) >= 11 is 13.0. The maximum atomic E-state index is 12.9. The van der Waals surface area contributed by atoms with E-state index in [1.165, 1.54) is 0 Å². The van der Waals surface area contributed by atoms with Crippen molar-refractivity contribution in [1.82, 2.24) is 10.2 Å². The van der Waals surface area contributed by atoms with Crippen molar-refractivity contribution in [3.05, 3.63) is 98.5 Å². The van der Waals surface area contributed by atoms with E-state index in [0.29, 0.717) is 35.2 Å². The lowest BCUT2D eigenvalue weighted by molar-refractivity contribution is -0.00346. The molecule has 6 rings (SSSR count). The number of alkyl halides is 1. The number of fused-ring (bicyclic) bond motifs is 1. The first-order valence-corrected chi connectivity index (χ1v) is 15.5. The number of amides is 1. The number of ether oxygens (including phenoxy) is 2. The highest BCUT2D eigenvalue weighted by Gasteiger charge is 2.26. The molecule has 1 atom stereocenters. The molecule has 0 unspecified atom stereocenters. The third kappa shape index (κ3) is 6.52. The van der Waals surface area contributed by atoms with E-state index in [9.17, 15) is 9.18 Å². The quantitative estimate of drug-likeness (QED) is 0.278. The van der Waals surface area contributed by atoms with Crippen molar-refractivity contribution in [2.75, 3.05) is 39.5 Å². The van der Waals surface area contributed by atoms with E-state index < -0.39 is 0 Å². The zero-order chi connectivity index (χ0) is 29.1. The number of benzene rings is 3. The lowest BCUT2D eigenvalue weighted by Crippen LogP contribution is -2.48. The monoisotopic (exact) mass is 608 g/mol. The largest absolute Gasteiger partial charge is 0.489 e. The summed E-state index contributed by atoms with van der Waals surface area (Å²) in [5, 5.41) is 4.28. The fourth-order valence-electron chi connectivity index (χ4n) is 6.12. The maximum absolute atomic E-state index is 12.9. The minimum Gasteiger partial charge on any atom is -0.489 e. The van der Waals surface area contributed by atoms with Crippen LogP contribution in [0.4, 0.5) is 4.39 Å². The maximum Gasteiger partial charge on any atom is 0.251 e. The first-order chi connectivity index (χ1) is 20.5. The van der Waals surface area contributed by atoms with Gasteiger partial charge >= 0.3 is 0 Å². The van der Waals surface area contributed by atoms with Gasteiger partial charge in [0.1, 0.15) is 11.9 Å². The van der Waals surface area contributed by atoms with Crippen molar-refractivity contribution in [3.8, 4) is 5.75 Å². The molecule has 220 valence electrons. The first kappa shape index (κ1) is 29.2. The van der Waals surface area contributed by atoms with Gasteiger partial charge in [0.25, 0.3) is 5.91 Å². The number of nitrogens with zero attached hydrogens (tertiary/aromatic N) is 1. The standard InChI is InChI=1S/C34H35Cl2FN2O3/c35-25-8-12-30(32(36)18-25)31-4-1-3-23-17-24(34(40)38-26-20-41-21-26)7-11-29(23)33(31)22-5-9-27(10-6-22)42-28-13-16-39(19-28)15-2-14-37/h5-12,17-18,26,28H,1-4,13-16,19-21H2,(H,38,40)/t28-/m0/s1. The number of allylic oxidation sites excluding steroid dienone is 1. The fraction of sp³-hybridized carbons (Fsp3) is 0.382. The van der Waals surface area contributed by atoms with Crippen molar-refractivity contribution >= 4 is 40.3 Å². The number of nitrogens with one attached hydrogen (secondary N) is 1. The van der Waals surface area contributed by atoms with Crippen LogP contribution < -0.4 is 10.1 Å². The van der Waals surface area contributed by atoms with Crippen LogP contribution in [0.2, 0.25) is 10.0 Å². The van der Waals surface area contributed by atoms with Gasteiger partial charge in [0.2, 0.25) is 0 Å². The summed E-state index contributed by atoms with van der Waals surface area (Å²) in [4.78, 5) is 15.2. The van der Waals surface area contributed by atoms with Gasteiger partial charge in [0, 0.05) is 35.2 Å². The molecule has 1 aliphatic carbocycles. The summed E-state index contributed by atoms with van der Waals surface area (Å²) in [5.74, 6) is 0.752. The number of hydrogen-bond acceptors (Lipinski definition) is 4. The fourth-order valence-corrected chi connectivity index (χ4v) is 6.64. The van der Waals surface area contributed by atoms with Gasteiger partial charge in [-0.1, -0.05) is 47.5 Å². The second kappa shape index (κ2) is 13.2. The van der Waals surface area contributed by atoms with Crippen LogP contribution in [0.15, 0.2) is 60.7 Å². The second-order valence-electron chi connectivity index (χ2n) is 11.3. The number of likely N-dealkylation sites (tertiary alicyclic amines) is 1. The van der Waals surface area contributed by atoms with E-state index in [1.54, 1.807) is 6.07 Å². The minimum atomic E-state index is -0.282. The van der Waals surface area contributed by atoms with Gasteiger partial charge in [-0.05, 0) is 102 Å². The zero-order valence-corrected chi connectivity index (χ0v) is 25.0. The zero-order valence-electron chi connectivity index (χ0n) is 23.5. The number of aryl methyl sites for hydroxylation is 1. The third-order valence-electron chi connectivity index (χ3n) is 8.32. The Hall–Kier alpha value is -2.90. The summed E-state index contributed by atoms with van der Waals surface area (Å²) in [6.07, 6.45) is 4.22. The van der Waals surface area contributed by atoms with Crippen LogP contribution in [-0.2, 0) is 11.2 Å². The Labute approximate surface area is 256 Å². The summed E-state index contributed by atoms with van der Waals surface area (Å²) in [7, 11) is 0. The predicted octanol–water partition coefficient (Wildman–Crippen LogP) is 7.23. The van der Waals surface area contributed by atoms with Crippen LogP contribution in [0.25, 0.3) is 11.1 Å². The number of halogens is 3. The van der Waals surface area contributed by atoms with Crippen LogP contribution in [0.1, 0.15) is 58.3 Å². The van der Waals surface area contributed by atoms with Crippen LogP contribution in [0.5, 0.6) is 5.75 Å². The van der Waals surface area contributed by atoms with Gasteiger partial charge in [-0.3, -0.25) is 14.1 Å². The molecule has 1 amide bonds. The molecule has 0 spiro atoms. The smallest absolute Gasteiger partial charge is 0.251 e. The summed E-state index contributed by atoms with van der Waals surface area (Å²) in [5.41, 5.74) is 7.20. The van der Waals surface area contributed by atoms with E-state index in [1.807, 2.05) is 36.4 Å². The first-order valence-electron chi connectivity index (χ1n) is 14.7. The normalized spacial score (nSPS) is 19.3. The molecule has 3 aromatic carbocycles. The van der Waals surface area contributed by atoms with Crippen molar-refractivity contribution in [2.45, 2.75) is 44.2 Å². The molecule has 3 aliphatic rings. The van der Waals surface area contributed by atoms with Gasteiger partial charge in [-0.15, -0.1) is 0 Å². The number of rotatable bonds is 9. The lowest BCUT2D eigenvalue weighted by atomic mass is 9.87. The van der Waals surface area contributed by atoms with Crippen LogP contribution in [-0.4, -0.2) is 62.5 Å². The molecule has 2 heterocycles. The molecular formula is C34H35Cl2FN2O3. The van der Waals surface area contributed by atoms with Crippen molar-refractivity contribution in [3.63, 3.8) is 0 Å². The summed E-state index contributed by atoms with van der Waals surface area (Å²) < 4.78 is 24.1. The molecule has 0 aromatic heterocycles. The van der Waals surface area contributed by atoms with Crippen molar-refractivity contribution in [1.29, 1.82) is 0 Å². The molecule has 2 fully saturated rings. The molecule has 0 saturated carbocycles. The average molecular weight is 610 g/mol. The summed E-state index contributed by atoms with van der Waals surface area (Å²) in [6, 6.07) is 20.0. The molecule has 0 radical (unpaired) electrons. The molecule has 2 aliphatic heterocycles. The molecule has 42 heavy (non-hydrogen) atoms. The summed E-state index contributed by atoms with van der Waals surface area (Å²) in [6.45, 7) is 3.38. The minimum absolute atomic E-state index is 0.0708. The Bertz CT molecular complexity index is 1470. The van der Waals surface area contributed by atoms with E-state index >= 15 is 0 Å². The van der Waals surface area contributed by atoms with Crippen molar-refractivity contribution < 1.29 is 18.7 Å². The van der Waals surface area contributed by atoms with Crippen LogP contribution >= 0.6 is 23.2 Å². The van der Waals surface area contributed by atoms with Gasteiger partial charge in [0.05, 0.1) is 25.9 Å². The third-order valence-corrected chi connectivity index (χ3v) is 8.87. The van der Waals surface area contributed by atoms with Gasteiger partial charge in [-0.2, -0.15) is 0 Å². The molecule has 0 bridgehead atoms. The highest BCUT2D eigenvalue weighted by molar-refractivity contribution is 6.36. The molecule has 3 aromatic rings. The number of carbonyl (C=O) groups is 1. The Morgan fingerprint density at radius 3 is 2.57 bits per heavy atom. The van der Waals surface area contributed by atoms with E-state index in [4.69, 9.17) is 32.7 Å². The highest BCUT2D eigenvalue weighted by Crippen LogP contribution is 2.42. The van der Waals surface area contributed by atoms with Crippen LogP contribution in [0.3, 0.4) is 0 Å². The lowest BCUT2D eigenvalue weighted by Gasteiger charge is -2.27. The molecule has 5 nitrogen and oxygen atoms in total. The Morgan fingerprint density at radius 2 is 1.83 bits per heavy atom. The van der Waals surface area contributed by atoms with Crippen molar-refractivity contribution in [2.24, 2.45) is 0 Å². The average Bonchev–Trinajstić information content (AvgIpc) is 3.32. The predicted molar refractivity (Wildman–Crippen MR) is 166 cm³/mol. The number of carbonyl (C=O) groups excluding carboxylic acids is 1. The van der Waals surface area contributed by atoms with Gasteiger partial charge in [-0.25, -0.2) is 0 Å². The van der Waals surface area contributed by atoms with E-state index in [-0.39, 0.29) is 24.7 Å². The topological polar surface area (TPSA) is 50.8 Å². The Kier molecular flexibility index (Phi) is 9.15. The molecule has 8 heteroatoms.